The van der Waals surface area contributed by atoms with Crippen molar-refractivity contribution in [3.05, 3.63) is 70.9 Å². The number of nitrogens with zero attached hydrogens (tertiary/aromatic N) is 3. The Bertz CT molecular complexity index is 860. The maximum absolute atomic E-state index is 11.1. The molecule has 24 heavy (non-hydrogen) atoms. The van der Waals surface area contributed by atoms with Gasteiger partial charge in [-0.3, -0.25) is 14.7 Å². The van der Waals surface area contributed by atoms with E-state index in [0.29, 0.717) is 5.25 Å². The number of benzene rings is 2. The highest BCUT2D eigenvalue weighted by Gasteiger charge is 2.17. The molecule has 0 unspecified atom stereocenters. The van der Waals surface area contributed by atoms with E-state index in [1.165, 1.54) is 6.07 Å². The van der Waals surface area contributed by atoms with Gasteiger partial charge in [-0.05, 0) is 12.1 Å². The number of nitro benzene ring substituents is 1. The Morgan fingerprint density at radius 2 is 1.88 bits per heavy atom. The summed E-state index contributed by atoms with van der Waals surface area (Å²) < 4.78 is 2.05. The summed E-state index contributed by atoms with van der Waals surface area (Å²) in [5.74, 6) is 0. The van der Waals surface area contributed by atoms with Crippen LogP contribution in [0.15, 0.2) is 66.0 Å². The second kappa shape index (κ2) is 6.88. The van der Waals surface area contributed by atoms with E-state index in [0.717, 1.165) is 22.1 Å². The number of imidazole rings is 1. The lowest BCUT2D eigenvalue weighted by atomic mass is 10.1. The summed E-state index contributed by atoms with van der Waals surface area (Å²) in [7, 11) is 0. The molecule has 0 atom stereocenters. The van der Waals surface area contributed by atoms with Crippen molar-refractivity contribution in [2.45, 2.75) is 24.3 Å². The van der Waals surface area contributed by atoms with Crippen molar-refractivity contribution in [2.75, 3.05) is 0 Å². The molecular weight excluding hydrogens is 322 g/mol. The molecule has 0 N–H and O–H groups in total. The van der Waals surface area contributed by atoms with E-state index in [9.17, 15) is 10.1 Å². The summed E-state index contributed by atoms with van der Waals surface area (Å²) in [4.78, 5) is 15.2. The molecule has 0 fully saturated rings. The average molecular weight is 339 g/mol. The molecule has 0 amide bonds. The van der Waals surface area contributed by atoms with E-state index in [1.54, 1.807) is 30.1 Å². The Kier molecular flexibility index (Phi) is 4.66. The van der Waals surface area contributed by atoms with Gasteiger partial charge in [-0.1, -0.05) is 55.9 Å². The van der Waals surface area contributed by atoms with Gasteiger partial charge in [0.2, 0.25) is 0 Å². The van der Waals surface area contributed by atoms with Crippen LogP contribution in [0.25, 0.3) is 16.9 Å². The molecule has 0 radical (unpaired) electrons. The minimum absolute atomic E-state index is 0.0753. The molecule has 0 saturated carbocycles. The van der Waals surface area contributed by atoms with Crippen molar-refractivity contribution in [1.29, 1.82) is 0 Å². The first-order chi connectivity index (χ1) is 11.6. The van der Waals surface area contributed by atoms with Crippen LogP contribution >= 0.6 is 11.8 Å². The van der Waals surface area contributed by atoms with Gasteiger partial charge in [0.1, 0.15) is 0 Å². The maximum atomic E-state index is 11.1. The molecule has 1 aromatic heterocycles. The Balaban J connectivity index is 2.16. The smallest absolute Gasteiger partial charge is 0.270 e. The summed E-state index contributed by atoms with van der Waals surface area (Å²) >= 11 is 1.66. The van der Waals surface area contributed by atoms with Gasteiger partial charge < -0.3 is 0 Å². The first kappa shape index (κ1) is 16.3. The van der Waals surface area contributed by atoms with Crippen molar-refractivity contribution in [1.82, 2.24) is 9.55 Å². The molecule has 6 heteroatoms. The van der Waals surface area contributed by atoms with Crippen molar-refractivity contribution in [3.63, 3.8) is 0 Å². The SMILES string of the molecule is CC(C)Sc1ncc(-c2cccc([N+](=O)[O-])c2)n1-c1ccccc1. The fraction of sp³-hybridized carbons (Fsp3) is 0.167. The third kappa shape index (κ3) is 3.33. The van der Waals surface area contributed by atoms with Crippen molar-refractivity contribution >= 4 is 17.4 Å². The van der Waals surface area contributed by atoms with Crippen LogP contribution in [0.4, 0.5) is 5.69 Å². The largest absolute Gasteiger partial charge is 0.287 e. The summed E-state index contributed by atoms with van der Waals surface area (Å²) in [6.07, 6.45) is 1.77. The molecule has 3 rings (SSSR count). The van der Waals surface area contributed by atoms with Gasteiger partial charge in [0.05, 0.1) is 16.8 Å². The number of para-hydroxylation sites is 1. The number of thioether (sulfide) groups is 1. The number of nitro groups is 1. The summed E-state index contributed by atoms with van der Waals surface area (Å²) in [5, 5.41) is 12.3. The van der Waals surface area contributed by atoms with Crippen molar-refractivity contribution < 1.29 is 4.92 Å². The third-order valence-corrected chi connectivity index (χ3v) is 4.41. The normalized spacial score (nSPS) is 11.0. The Hall–Kier alpha value is -2.60. The minimum atomic E-state index is -0.378. The predicted octanol–water partition coefficient (Wildman–Crippen LogP) is 4.95. The second-order valence-electron chi connectivity index (χ2n) is 5.57. The Morgan fingerprint density at radius 3 is 2.54 bits per heavy atom. The first-order valence-corrected chi connectivity index (χ1v) is 8.49. The number of non-ortho nitro benzene ring substituents is 1. The van der Waals surface area contributed by atoms with E-state index in [2.05, 4.69) is 18.8 Å². The van der Waals surface area contributed by atoms with Crippen LogP contribution in [0.3, 0.4) is 0 Å². The number of aromatic nitrogens is 2. The van der Waals surface area contributed by atoms with E-state index in [-0.39, 0.29) is 10.6 Å². The molecule has 0 bridgehead atoms. The molecule has 1 heterocycles. The zero-order chi connectivity index (χ0) is 17.1. The van der Waals surface area contributed by atoms with Crippen LogP contribution in [0.5, 0.6) is 0 Å². The molecule has 0 aliphatic heterocycles. The zero-order valence-electron chi connectivity index (χ0n) is 13.4. The fourth-order valence-corrected chi connectivity index (χ4v) is 3.28. The Morgan fingerprint density at radius 1 is 1.12 bits per heavy atom. The molecule has 0 spiro atoms. The molecule has 0 saturated heterocycles. The van der Waals surface area contributed by atoms with Crippen LogP contribution in [0.1, 0.15) is 13.8 Å². The number of hydrogen-bond donors (Lipinski definition) is 0. The Labute approximate surface area is 144 Å². The standard InChI is InChI=1S/C18H17N3O2S/c1-13(2)24-18-19-12-17(20(18)15-8-4-3-5-9-15)14-7-6-10-16(11-14)21(22)23/h3-13H,1-2H3. The second-order valence-corrected chi connectivity index (χ2v) is 7.11. The maximum Gasteiger partial charge on any atom is 0.270 e. The summed E-state index contributed by atoms with van der Waals surface area (Å²) in [5.41, 5.74) is 2.68. The quantitative estimate of drug-likeness (QED) is 0.375. The molecule has 5 nitrogen and oxygen atoms in total. The molecule has 2 aromatic carbocycles. The molecular formula is C18H17N3O2S. The van der Waals surface area contributed by atoms with Gasteiger partial charge >= 0.3 is 0 Å². The third-order valence-electron chi connectivity index (χ3n) is 3.44. The van der Waals surface area contributed by atoms with E-state index in [1.807, 2.05) is 41.0 Å². The molecule has 122 valence electrons. The topological polar surface area (TPSA) is 61.0 Å². The zero-order valence-corrected chi connectivity index (χ0v) is 14.2. The van der Waals surface area contributed by atoms with Crippen molar-refractivity contribution in [2.24, 2.45) is 0 Å². The summed E-state index contributed by atoms with van der Waals surface area (Å²) in [6, 6.07) is 16.6. The minimum Gasteiger partial charge on any atom is -0.287 e. The molecule has 0 aliphatic carbocycles. The van der Waals surface area contributed by atoms with E-state index < -0.39 is 0 Å². The van der Waals surface area contributed by atoms with Gasteiger partial charge in [0.25, 0.3) is 5.69 Å². The van der Waals surface area contributed by atoms with Crippen LogP contribution in [0.2, 0.25) is 0 Å². The van der Waals surface area contributed by atoms with E-state index >= 15 is 0 Å². The highest BCUT2D eigenvalue weighted by molar-refractivity contribution is 7.99. The predicted molar refractivity (Wildman–Crippen MR) is 96.6 cm³/mol. The first-order valence-electron chi connectivity index (χ1n) is 7.61. The fourth-order valence-electron chi connectivity index (χ4n) is 2.44. The van der Waals surface area contributed by atoms with Crippen LogP contribution < -0.4 is 0 Å². The van der Waals surface area contributed by atoms with E-state index in [4.69, 9.17) is 0 Å². The molecule has 3 aromatic rings. The molecule has 0 aliphatic rings. The highest BCUT2D eigenvalue weighted by Crippen LogP contribution is 2.32. The van der Waals surface area contributed by atoms with Gasteiger partial charge in [-0.2, -0.15) is 0 Å². The van der Waals surface area contributed by atoms with Crippen LogP contribution in [-0.2, 0) is 0 Å². The lowest BCUT2D eigenvalue weighted by Gasteiger charge is -2.13. The summed E-state index contributed by atoms with van der Waals surface area (Å²) in [6.45, 7) is 4.23. The number of rotatable bonds is 5. The van der Waals surface area contributed by atoms with Crippen molar-refractivity contribution in [3.8, 4) is 16.9 Å². The van der Waals surface area contributed by atoms with Gasteiger partial charge in [-0.15, -0.1) is 0 Å². The van der Waals surface area contributed by atoms with Gasteiger partial charge in [-0.25, -0.2) is 4.98 Å². The monoisotopic (exact) mass is 339 g/mol. The van der Waals surface area contributed by atoms with Crippen LogP contribution in [-0.4, -0.2) is 19.7 Å². The lowest BCUT2D eigenvalue weighted by molar-refractivity contribution is -0.384. The average Bonchev–Trinajstić information content (AvgIpc) is 2.98. The van der Waals surface area contributed by atoms with Gasteiger partial charge in [0, 0.05) is 28.6 Å². The number of hydrogen-bond acceptors (Lipinski definition) is 4. The van der Waals surface area contributed by atoms with Crippen LogP contribution in [0, 0.1) is 10.1 Å². The highest BCUT2D eigenvalue weighted by atomic mass is 32.2. The lowest BCUT2D eigenvalue weighted by Crippen LogP contribution is -2.01. The van der Waals surface area contributed by atoms with Gasteiger partial charge in [0.15, 0.2) is 5.16 Å².